The van der Waals surface area contributed by atoms with Gasteiger partial charge in [0.05, 0.1) is 12.1 Å². The van der Waals surface area contributed by atoms with Gasteiger partial charge in [0.2, 0.25) is 0 Å². The second-order valence-corrected chi connectivity index (χ2v) is 3.74. The quantitative estimate of drug-likeness (QED) is 0.685. The second-order valence-electron chi connectivity index (χ2n) is 3.74. The average Bonchev–Trinajstić information content (AvgIpc) is 2.13. The first-order valence-corrected chi connectivity index (χ1v) is 4.74. The molecule has 0 amide bonds. The summed E-state index contributed by atoms with van der Waals surface area (Å²) in [6.45, 7) is 0. The minimum atomic E-state index is -4.45. The fourth-order valence-electron chi connectivity index (χ4n) is 1.71. The number of aromatic nitrogens is 1. The lowest BCUT2D eigenvalue weighted by Gasteiger charge is -2.31. The molecule has 0 saturated heterocycles. The first-order valence-electron chi connectivity index (χ1n) is 4.74. The number of nitrogens with zero attached hydrogens (tertiary/aromatic N) is 2. The number of fused-ring (bicyclic) bond motifs is 1. The highest BCUT2D eigenvalue weighted by Crippen LogP contribution is 2.37. The lowest BCUT2D eigenvalue weighted by molar-refractivity contribution is -0.147. The molecule has 5 N–H and O–H groups in total. The molecule has 1 atom stereocenters. The van der Waals surface area contributed by atoms with Crippen LogP contribution < -0.4 is 16.8 Å². The molecule has 0 radical (unpaired) electrons. The Hall–Kier alpha value is -1.83. The molecular weight excluding hydrogens is 235 g/mol. The van der Waals surface area contributed by atoms with Crippen LogP contribution >= 0.6 is 0 Å². The molecule has 0 fully saturated rings. The van der Waals surface area contributed by atoms with Gasteiger partial charge in [0, 0.05) is 6.20 Å². The number of aliphatic imine (C=N–C) groups is 1. The molecule has 8 heteroatoms. The number of nitrogens with two attached hydrogens (primary N) is 2. The number of hydrogen-bond donors (Lipinski definition) is 3. The van der Waals surface area contributed by atoms with Crippen LogP contribution in [-0.2, 0) is 5.66 Å². The summed E-state index contributed by atoms with van der Waals surface area (Å²) in [5.41, 5.74) is 9.47. The summed E-state index contributed by atoms with van der Waals surface area (Å²) in [5, 5.41) is 2.62. The number of guanidine groups is 1. The van der Waals surface area contributed by atoms with E-state index in [4.69, 9.17) is 11.5 Å². The maximum Gasteiger partial charge on any atom is 0.393 e. The molecule has 2 heterocycles. The summed E-state index contributed by atoms with van der Waals surface area (Å²) >= 11 is 0. The van der Waals surface area contributed by atoms with Crippen LogP contribution in [0, 0.1) is 0 Å². The van der Waals surface area contributed by atoms with E-state index in [1.807, 2.05) is 0 Å². The smallest absolute Gasteiger partial charge is 0.370 e. The van der Waals surface area contributed by atoms with Crippen molar-refractivity contribution in [3.05, 3.63) is 24.0 Å². The molecule has 1 aromatic heterocycles. The molecule has 1 aliphatic heterocycles. The van der Waals surface area contributed by atoms with Crippen LogP contribution in [0.1, 0.15) is 12.1 Å². The monoisotopic (exact) mass is 245 g/mol. The molecule has 5 nitrogen and oxygen atoms in total. The van der Waals surface area contributed by atoms with E-state index in [1.54, 1.807) is 12.1 Å². The first-order chi connectivity index (χ1) is 7.80. The van der Waals surface area contributed by atoms with E-state index in [-0.39, 0.29) is 11.7 Å². The van der Waals surface area contributed by atoms with E-state index < -0.39 is 18.3 Å². The fourth-order valence-corrected chi connectivity index (χ4v) is 1.71. The van der Waals surface area contributed by atoms with E-state index in [0.717, 1.165) is 0 Å². The number of halogens is 3. The Morgan fingerprint density at radius 1 is 1.41 bits per heavy atom. The van der Waals surface area contributed by atoms with E-state index in [1.165, 1.54) is 6.20 Å². The van der Waals surface area contributed by atoms with Crippen molar-refractivity contribution in [2.75, 3.05) is 5.32 Å². The van der Waals surface area contributed by atoms with Gasteiger partial charge >= 0.3 is 6.18 Å². The minimum Gasteiger partial charge on any atom is -0.370 e. The summed E-state index contributed by atoms with van der Waals surface area (Å²) in [5.74, 6) is -0.155. The number of alkyl halides is 3. The van der Waals surface area contributed by atoms with Crippen molar-refractivity contribution in [3.63, 3.8) is 0 Å². The Labute approximate surface area is 94.7 Å². The third-order valence-electron chi connectivity index (χ3n) is 2.27. The summed E-state index contributed by atoms with van der Waals surface area (Å²) in [6, 6.07) is 3.11. The van der Waals surface area contributed by atoms with Gasteiger partial charge in [0.1, 0.15) is 5.69 Å². The molecule has 0 saturated carbocycles. The van der Waals surface area contributed by atoms with Crippen LogP contribution in [0.4, 0.5) is 18.9 Å². The highest BCUT2D eigenvalue weighted by molar-refractivity contribution is 5.95. The normalized spacial score (nSPS) is 23.6. The Morgan fingerprint density at radius 3 is 2.76 bits per heavy atom. The number of pyridine rings is 1. The van der Waals surface area contributed by atoms with Gasteiger partial charge in [0.25, 0.3) is 0 Å². The van der Waals surface area contributed by atoms with Crippen LogP contribution in [0.25, 0.3) is 0 Å². The van der Waals surface area contributed by atoms with Crippen molar-refractivity contribution in [3.8, 4) is 0 Å². The van der Waals surface area contributed by atoms with Crippen molar-refractivity contribution in [2.45, 2.75) is 18.3 Å². The topological polar surface area (TPSA) is 89.3 Å². The van der Waals surface area contributed by atoms with Crippen LogP contribution in [0.5, 0.6) is 0 Å². The van der Waals surface area contributed by atoms with Crippen molar-refractivity contribution in [1.82, 2.24) is 4.98 Å². The Morgan fingerprint density at radius 2 is 2.12 bits per heavy atom. The van der Waals surface area contributed by atoms with E-state index >= 15 is 0 Å². The average molecular weight is 245 g/mol. The molecule has 92 valence electrons. The maximum absolute atomic E-state index is 12.5. The predicted octanol–water partition coefficient (Wildman–Crippen LogP) is 0.886. The van der Waals surface area contributed by atoms with Crippen molar-refractivity contribution >= 4 is 11.6 Å². The van der Waals surface area contributed by atoms with Crippen molar-refractivity contribution < 1.29 is 13.2 Å². The number of anilines is 1. The van der Waals surface area contributed by atoms with Crippen LogP contribution in [-0.4, -0.2) is 17.1 Å². The van der Waals surface area contributed by atoms with Crippen LogP contribution in [0.3, 0.4) is 0 Å². The van der Waals surface area contributed by atoms with Gasteiger partial charge in [-0.3, -0.25) is 4.98 Å². The largest absolute Gasteiger partial charge is 0.393 e. The number of rotatable bonds is 1. The summed E-state index contributed by atoms with van der Waals surface area (Å²) in [4.78, 5) is 7.46. The first kappa shape index (κ1) is 11.6. The Kier molecular flexibility index (Phi) is 2.46. The molecular formula is C9H10F3N5. The van der Waals surface area contributed by atoms with Gasteiger partial charge in [0.15, 0.2) is 11.6 Å². The van der Waals surface area contributed by atoms with Gasteiger partial charge in [-0.2, -0.15) is 13.2 Å². The predicted molar refractivity (Wildman–Crippen MR) is 56.0 cm³/mol. The highest BCUT2D eigenvalue weighted by atomic mass is 19.4. The van der Waals surface area contributed by atoms with Gasteiger partial charge < -0.3 is 16.8 Å². The zero-order valence-electron chi connectivity index (χ0n) is 8.62. The molecule has 1 aliphatic rings. The molecule has 0 bridgehead atoms. The van der Waals surface area contributed by atoms with E-state index in [9.17, 15) is 13.2 Å². The third-order valence-corrected chi connectivity index (χ3v) is 2.27. The molecule has 17 heavy (non-hydrogen) atoms. The van der Waals surface area contributed by atoms with Crippen LogP contribution in [0.15, 0.2) is 23.3 Å². The highest BCUT2D eigenvalue weighted by Gasteiger charge is 2.45. The summed E-state index contributed by atoms with van der Waals surface area (Å²) < 4.78 is 37.4. The minimum absolute atomic E-state index is 0.0338. The molecule has 0 aliphatic carbocycles. The Bertz CT molecular complexity index is 470. The Balaban J connectivity index is 2.47. The van der Waals surface area contributed by atoms with Crippen molar-refractivity contribution in [1.29, 1.82) is 0 Å². The number of hydrogen-bond acceptors (Lipinski definition) is 5. The summed E-state index contributed by atoms with van der Waals surface area (Å²) in [6.07, 6.45) is -4.41. The van der Waals surface area contributed by atoms with Gasteiger partial charge in [-0.15, -0.1) is 0 Å². The lowest BCUT2D eigenvalue weighted by atomic mass is 9.99. The van der Waals surface area contributed by atoms with Gasteiger partial charge in [-0.25, -0.2) is 4.99 Å². The van der Waals surface area contributed by atoms with Gasteiger partial charge in [-0.1, -0.05) is 0 Å². The molecule has 1 unspecified atom stereocenters. The zero-order valence-corrected chi connectivity index (χ0v) is 8.62. The van der Waals surface area contributed by atoms with Crippen LogP contribution in [0.2, 0.25) is 0 Å². The maximum atomic E-state index is 12.5. The third kappa shape index (κ3) is 2.31. The summed E-state index contributed by atoms with van der Waals surface area (Å²) in [7, 11) is 0. The van der Waals surface area contributed by atoms with E-state index in [0.29, 0.717) is 5.69 Å². The fraction of sp³-hybridized carbons (Fsp3) is 0.333. The van der Waals surface area contributed by atoms with Gasteiger partial charge in [-0.05, 0) is 12.1 Å². The zero-order chi connectivity index (χ0) is 12.7. The standard InChI is InChI=1S/C9H10F3N5/c10-9(11,12)4-8(14)6-5(2-1-3-15-6)16-7(13)17-8/h1-3H,4,14H2,(H3,13,16,17). The lowest BCUT2D eigenvalue weighted by Crippen LogP contribution is -2.46. The molecule has 0 aromatic carbocycles. The molecule has 0 spiro atoms. The van der Waals surface area contributed by atoms with E-state index in [2.05, 4.69) is 15.3 Å². The van der Waals surface area contributed by atoms with Crippen molar-refractivity contribution in [2.24, 2.45) is 16.5 Å². The molecule has 2 rings (SSSR count). The second kappa shape index (κ2) is 3.59. The molecule has 1 aromatic rings. The SMILES string of the molecule is NC1=NC(N)(CC(F)(F)F)c2ncccc2N1. The number of nitrogens with one attached hydrogen (secondary N) is 1.